The zero-order chi connectivity index (χ0) is 15.6. The zero-order valence-corrected chi connectivity index (χ0v) is 13.2. The highest BCUT2D eigenvalue weighted by atomic mass is 16.2. The van der Waals surface area contributed by atoms with Gasteiger partial charge in [0.15, 0.2) is 0 Å². The molecule has 0 saturated carbocycles. The van der Waals surface area contributed by atoms with Crippen LogP contribution in [0.15, 0.2) is 60.7 Å². The molecular weight excluding hydrogens is 284 g/mol. The molecule has 4 rings (SSSR count). The molecule has 3 heteroatoms. The van der Waals surface area contributed by atoms with E-state index in [1.807, 2.05) is 24.3 Å². The van der Waals surface area contributed by atoms with E-state index in [1.165, 1.54) is 11.1 Å². The lowest BCUT2D eigenvalue weighted by Crippen LogP contribution is -2.37. The number of rotatable bonds is 2. The van der Waals surface area contributed by atoms with Crippen LogP contribution in [0.2, 0.25) is 0 Å². The smallest absolute Gasteiger partial charge is 0.224 e. The average molecular weight is 306 g/mol. The van der Waals surface area contributed by atoms with Crippen LogP contribution in [0.3, 0.4) is 0 Å². The highest BCUT2D eigenvalue weighted by Crippen LogP contribution is 2.40. The van der Waals surface area contributed by atoms with Crippen LogP contribution in [0.5, 0.6) is 0 Å². The quantitative estimate of drug-likeness (QED) is 0.915. The lowest BCUT2D eigenvalue weighted by molar-refractivity contribution is -0.133. The first-order valence-electron chi connectivity index (χ1n) is 8.52. The number of carbonyl (C=O) groups excluding carboxylic acids is 1. The molecule has 0 spiro atoms. The predicted octanol–water partition coefficient (Wildman–Crippen LogP) is 3.80. The summed E-state index contributed by atoms with van der Waals surface area (Å²) in [6.07, 6.45) is 3.86. The average Bonchev–Trinajstić information content (AvgIpc) is 2.89. The number of fused-ring (bicyclic) bond motifs is 1. The molecule has 3 atom stereocenters. The van der Waals surface area contributed by atoms with Crippen LogP contribution in [0.4, 0.5) is 0 Å². The van der Waals surface area contributed by atoms with Gasteiger partial charge in [-0.1, -0.05) is 67.1 Å². The maximum absolute atomic E-state index is 12.7. The Balaban J connectivity index is 1.74. The van der Waals surface area contributed by atoms with Crippen LogP contribution in [-0.2, 0) is 4.79 Å². The van der Waals surface area contributed by atoms with E-state index in [-0.39, 0.29) is 24.2 Å². The Labute approximate surface area is 137 Å². The van der Waals surface area contributed by atoms with E-state index in [2.05, 4.69) is 46.6 Å². The number of hydrogen-bond donors (Lipinski definition) is 1. The van der Waals surface area contributed by atoms with Gasteiger partial charge in [-0.05, 0) is 24.0 Å². The molecular formula is C20H22N2O. The van der Waals surface area contributed by atoms with Gasteiger partial charge in [0.05, 0.1) is 12.1 Å². The van der Waals surface area contributed by atoms with Crippen LogP contribution >= 0.6 is 0 Å². The fraction of sp³-hybridized carbons (Fsp3) is 0.350. The third-order valence-corrected chi connectivity index (χ3v) is 5.06. The Kier molecular flexibility index (Phi) is 3.88. The van der Waals surface area contributed by atoms with Crippen LogP contribution in [0.1, 0.15) is 49.0 Å². The summed E-state index contributed by atoms with van der Waals surface area (Å²) in [6, 6.07) is 21.3. The lowest BCUT2D eigenvalue weighted by Gasteiger charge is -2.29. The topological polar surface area (TPSA) is 32.3 Å². The molecule has 3 nitrogen and oxygen atoms in total. The maximum Gasteiger partial charge on any atom is 0.224 e. The van der Waals surface area contributed by atoms with Gasteiger partial charge in [-0.2, -0.15) is 0 Å². The molecule has 2 saturated heterocycles. The molecule has 1 amide bonds. The second kappa shape index (κ2) is 6.17. The van der Waals surface area contributed by atoms with Crippen molar-refractivity contribution in [2.75, 3.05) is 0 Å². The molecule has 2 fully saturated rings. The van der Waals surface area contributed by atoms with Gasteiger partial charge in [0, 0.05) is 6.42 Å². The van der Waals surface area contributed by atoms with E-state index < -0.39 is 0 Å². The van der Waals surface area contributed by atoms with Crippen molar-refractivity contribution in [1.29, 1.82) is 0 Å². The number of carbonyl (C=O) groups is 1. The first-order chi connectivity index (χ1) is 11.3. The van der Waals surface area contributed by atoms with Crippen molar-refractivity contribution in [3.63, 3.8) is 0 Å². The van der Waals surface area contributed by atoms with E-state index in [9.17, 15) is 4.79 Å². The van der Waals surface area contributed by atoms with Gasteiger partial charge in [-0.3, -0.25) is 10.1 Å². The second-order valence-electron chi connectivity index (χ2n) is 6.48. The van der Waals surface area contributed by atoms with Crippen LogP contribution in [0, 0.1) is 0 Å². The number of hydrogen-bond acceptors (Lipinski definition) is 2. The minimum Gasteiger partial charge on any atom is -0.318 e. The summed E-state index contributed by atoms with van der Waals surface area (Å²) in [7, 11) is 0. The molecule has 0 aliphatic carbocycles. The monoisotopic (exact) mass is 306 g/mol. The van der Waals surface area contributed by atoms with Crippen molar-refractivity contribution in [3.05, 3.63) is 71.8 Å². The number of nitrogens with zero attached hydrogens (tertiary/aromatic N) is 1. The number of amides is 1. The second-order valence-corrected chi connectivity index (χ2v) is 6.48. The summed E-state index contributed by atoms with van der Waals surface area (Å²) in [6.45, 7) is 0. The van der Waals surface area contributed by atoms with E-state index in [0.29, 0.717) is 6.42 Å². The van der Waals surface area contributed by atoms with Gasteiger partial charge in [-0.15, -0.1) is 0 Å². The molecule has 0 radical (unpaired) electrons. The lowest BCUT2D eigenvalue weighted by atomic mass is 9.97. The van der Waals surface area contributed by atoms with Gasteiger partial charge in [-0.25, -0.2) is 0 Å². The zero-order valence-electron chi connectivity index (χ0n) is 13.2. The van der Waals surface area contributed by atoms with Gasteiger partial charge in [0.2, 0.25) is 5.91 Å². The van der Waals surface area contributed by atoms with Gasteiger partial charge >= 0.3 is 0 Å². The minimum atomic E-state index is -0.0167. The molecule has 2 aliphatic rings. The fourth-order valence-corrected chi connectivity index (χ4v) is 3.98. The fourth-order valence-electron chi connectivity index (χ4n) is 3.98. The Morgan fingerprint density at radius 1 is 0.870 bits per heavy atom. The van der Waals surface area contributed by atoms with Crippen molar-refractivity contribution in [3.8, 4) is 0 Å². The summed E-state index contributed by atoms with van der Waals surface area (Å²) in [4.78, 5) is 14.9. The Morgan fingerprint density at radius 3 is 2.22 bits per heavy atom. The van der Waals surface area contributed by atoms with Crippen molar-refractivity contribution >= 4 is 5.91 Å². The highest BCUT2D eigenvalue weighted by Gasteiger charge is 2.44. The van der Waals surface area contributed by atoms with Gasteiger partial charge in [0.1, 0.15) is 6.17 Å². The summed E-state index contributed by atoms with van der Waals surface area (Å²) in [5.41, 5.74) is 2.45. The SMILES string of the molecule is O=C1CCCCC2C(c3ccccc3)NC(c3ccccc3)N12. The third kappa shape index (κ3) is 2.66. The summed E-state index contributed by atoms with van der Waals surface area (Å²) < 4.78 is 0. The Bertz CT molecular complexity index is 671. The standard InChI is InChI=1S/C20H22N2O/c23-18-14-8-7-13-17-19(15-9-3-1-4-10-15)21-20(22(17)18)16-11-5-2-6-12-16/h1-6,9-12,17,19-21H,7-8,13-14H2. The summed E-state index contributed by atoms with van der Waals surface area (Å²) in [5.74, 6) is 0.285. The largest absolute Gasteiger partial charge is 0.318 e. The normalized spacial score (nSPS) is 27.6. The van der Waals surface area contributed by atoms with Crippen LogP contribution < -0.4 is 5.32 Å². The molecule has 3 unspecified atom stereocenters. The predicted molar refractivity (Wildman–Crippen MR) is 90.6 cm³/mol. The molecule has 2 heterocycles. The molecule has 2 aliphatic heterocycles. The third-order valence-electron chi connectivity index (χ3n) is 5.06. The maximum atomic E-state index is 12.7. The first-order valence-corrected chi connectivity index (χ1v) is 8.52. The Hall–Kier alpha value is -2.13. The van der Waals surface area contributed by atoms with Crippen LogP contribution in [-0.4, -0.2) is 16.8 Å². The van der Waals surface area contributed by atoms with E-state index in [4.69, 9.17) is 0 Å². The number of benzene rings is 2. The van der Waals surface area contributed by atoms with E-state index in [0.717, 1.165) is 19.3 Å². The van der Waals surface area contributed by atoms with Crippen molar-refractivity contribution in [2.24, 2.45) is 0 Å². The van der Waals surface area contributed by atoms with E-state index >= 15 is 0 Å². The highest BCUT2D eigenvalue weighted by molar-refractivity contribution is 5.78. The molecule has 2 aromatic carbocycles. The number of nitrogens with one attached hydrogen (secondary N) is 1. The molecule has 23 heavy (non-hydrogen) atoms. The summed E-state index contributed by atoms with van der Waals surface area (Å²) >= 11 is 0. The van der Waals surface area contributed by atoms with Gasteiger partial charge < -0.3 is 4.90 Å². The van der Waals surface area contributed by atoms with Gasteiger partial charge in [0.25, 0.3) is 0 Å². The molecule has 118 valence electrons. The molecule has 0 aromatic heterocycles. The van der Waals surface area contributed by atoms with E-state index in [1.54, 1.807) is 0 Å². The minimum absolute atomic E-state index is 0.0167. The summed E-state index contributed by atoms with van der Waals surface area (Å²) in [5, 5.41) is 3.73. The first kappa shape index (κ1) is 14.5. The Morgan fingerprint density at radius 2 is 1.52 bits per heavy atom. The van der Waals surface area contributed by atoms with Crippen molar-refractivity contribution < 1.29 is 4.79 Å². The molecule has 0 bridgehead atoms. The van der Waals surface area contributed by atoms with Crippen molar-refractivity contribution in [1.82, 2.24) is 10.2 Å². The molecule has 1 N–H and O–H groups in total. The van der Waals surface area contributed by atoms with Crippen molar-refractivity contribution in [2.45, 2.75) is 43.9 Å². The van der Waals surface area contributed by atoms with Crippen LogP contribution in [0.25, 0.3) is 0 Å². The molecule has 2 aromatic rings.